The Kier molecular flexibility index (Phi) is 7.52. The highest BCUT2D eigenvalue weighted by Crippen LogP contribution is 2.33. The molecule has 0 spiro atoms. The highest BCUT2D eigenvalue weighted by Gasteiger charge is 2.22. The molecule has 0 amide bonds. The average Bonchev–Trinajstić information content (AvgIpc) is 3.31. The second kappa shape index (κ2) is 10.8. The summed E-state index contributed by atoms with van der Waals surface area (Å²) in [6.07, 6.45) is 3.95. The van der Waals surface area contributed by atoms with E-state index in [1.54, 1.807) is 19.4 Å². The maximum absolute atomic E-state index is 15.2. The molecular weight excluding hydrogens is 513 g/mol. The van der Waals surface area contributed by atoms with Gasteiger partial charge in [-0.25, -0.2) is 14.4 Å². The first-order valence-electron chi connectivity index (χ1n) is 12.3. The van der Waals surface area contributed by atoms with Crippen molar-refractivity contribution in [2.75, 3.05) is 76.8 Å². The minimum Gasteiger partial charge on any atom is -0.383 e. The van der Waals surface area contributed by atoms with Crippen LogP contribution in [-0.4, -0.2) is 97.4 Å². The van der Waals surface area contributed by atoms with Crippen LogP contribution in [0.5, 0.6) is 0 Å². The number of piperazine rings is 1. The van der Waals surface area contributed by atoms with Crippen molar-refractivity contribution in [2.24, 2.45) is 0 Å². The second-order valence-electron chi connectivity index (χ2n) is 9.47. The summed E-state index contributed by atoms with van der Waals surface area (Å²) in [5.41, 5.74) is 3.75. The summed E-state index contributed by atoms with van der Waals surface area (Å²) >= 11 is 3.64. The largest absolute Gasteiger partial charge is 0.383 e. The third kappa shape index (κ3) is 5.45. The molecule has 1 aromatic carbocycles. The quantitative estimate of drug-likeness (QED) is 0.467. The first kappa shape index (κ1) is 24.4. The first-order valence-corrected chi connectivity index (χ1v) is 13.1. The molecule has 4 heterocycles. The molecule has 0 aliphatic carbocycles. The van der Waals surface area contributed by atoms with E-state index in [0.717, 1.165) is 80.9 Å². The van der Waals surface area contributed by atoms with Crippen molar-refractivity contribution in [3.8, 4) is 11.4 Å². The van der Waals surface area contributed by atoms with Gasteiger partial charge >= 0.3 is 0 Å². The average molecular weight is 546 g/mol. The Morgan fingerprint density at radius 2 is 1.94 bits per heavy atom. The lowest BCUT2D eigenvalue weighted by molar-refractivity contribution is 0.144. The molecule has 8 nitrogen and oxygen atoms in total. The fourth-order valence-electron chi connectivity index (χ4n) is 4.91. The topological polar surface area (TPSA) is 72.6 Å². The number of hydrogen-bond donors (Lipinski definition) is 2. The summed E-state index contributed by atoms with van der Waals surface area (Å²) in [7, 11) is 3.88. The van der Waals surface area contributed by atoms with E-state index in [4.69, 9.17) is 9.72 Å². The minimum absolute atomic E-state index is 0.230. The van der Waals surface area contributed by atoms with Gasteiger partial charge in [-0.1, -0.05) is 0 Å². The zero-order valence-electron chi connectivity index (χ0n) is 20.4. The monoisotopic (exact) mass is 545 g/mol. The number of likely N-dealkylation sites (tertiary alicyclic amines) is 1. The van der Waals surface area contributed by atoms with Gasteiger partial charge < -0.3 is 24.8 Å². The molecule has 10 heteroatoms. The Labute approximate surface area is 214 Å². The van der Waals surface area contributed by atoms with Crippen LogP contribution in [0.15, 0.2) is 28.9 Å². The van der Waals surface area contributed by atoms with Crippen molar-refractivity contribution in [3.63, 3.8) is 0 Å². The zero-order chi connectivity index (χ0) is 24.4. The normalized spacial score (nSPS) is 18.5. The summed E-state index contributed by atoms with van der Waals surface area (Å²) < 4.78 is 21.3. The zero-order valence-corrected chi connectivity index (χ0v) is 21.9. The van der Waals surface area contributed by atoms with E-state index in [-0.39, 0.29) is 5.82 Å². The van der Waals surface area contributed by atoms with Crippen LogP contribution >= 0.6 is 15.9 Å². The standard InChI is InChI=1S/C25H33BrFN7O/c1-32-7-5-18(6-8-32)29-22-19(26)16-28-25-23(22)30-24(31-25)17-3-4-21(20(27)15-17)34-11-9-33(10-12-34)13-14-35-2/h3-4,15-16,18H,5-14H2,1-2H3,(H2,28,29,30,31). The van der Waals surface area contributed by atoms with Crippen molar-refractivity contribution in [1.82, 2.24) is 24.8 Å². The number of H-pyrrole nitrogens is 1. The van der Waals surface area contributed by atoms with Gasteiger partial charge in [0.2, 0.25) is 0 Å². The van der Waals surface area contributed by atoms with Crippen LogP contribution < -0.4 is 10.2 Å². The fraction of sp³-hybridized carbons (Fsp3) is 0.520. The second-order valence-corrected chi connectivity index (χ2v) is 10.3. The molecule has 2 fully saturated rings. The van der Waals surface area contributed by atoms with Crippen LogP contribution in [0, 0.1) is 5.82 Å². The molecule has 0 bridgehead atoms. The number of benzene rings is 1. The maximum Gasteiger partial charge on any atom is 0.159 e. The molecule has 0 radical (unpaired) electrons. The molecule has 2 saturated heterocycles. The molecule has 2 N–H and O–H groups in total. The number of anilines is 2. The number of imidazole rings is 1. The number of methoxy groups -OCH3 is 1. The SMILES string of the molecule is COCCN1CCN(c2ccc(-c3nc4c(NC5CCN(C)CC5)c(Br)cnc4[nH]3)cc2F)CC1. The fourth-order valence-corrected chi connectivity index (χ4v) is 5.31. The van der Waals surface area contributed by atoms with Gasteiger partial charge in [0.25, 0.3) is 0 Å². The van der Waals surface area contributed by atoms with Crippen LogP contribution in [0.1, 0.15) is 12.8 Å². The van der Waals surface area contributed by atoms with Crippen molar-refractivity contribution < 1.29 is 9.13 Å². The van der Waals surface area contributed by atoms with Gasteiger partial charge in [-0.15, -0.1) is 0 Å². The van der Waals surface area contributed by atoms with Crippen LogP contribution in [0.4, 0.5) is 15.8 Å². The molecule has 3 aromatic rings. The molecule has 2 aromatic heterocycles. The Morgan fingerprint density at radius 1 is 1.17 bits per heavy atom. The molecule has 188 valence electrons. The summed E-state index contributed by atoms with van der Waals surface area (Å²) in [4.78, 5) is 19.4. The van der Waals surface area contributed by atoms with E-state index in [1.165, 1.54) is 0 Å². The smallest absolute Gasteiger partial charge is 0.159 e. The molecule has 2 aliphatic rings. The van der Waals surface area contributed by atoms with Crippen molar-refractivity contribution in [1.29, 1.82) is 0 Å². The number of pyridine rings is 1. The van der Waals surface area contributed by atoms with Gasteiger partial charge in [0.1, 0.15) is 17.2 Å². The molecule has 35 heavy (non-hydrogen) atoms. The van der Waals surface area contributed by atoms with E-state index >= 15 is 4.39 Å². The van der Waals surface area contributed by atoms with Crippen LogP contribution in [0.3, 0.4) is 0 Å². The number of nitrogens with zero attached hydrogens (tertiary/aromatic N) is 5. The number of rotatable bonds is 7. The molecule has 0 saturated carbocycles. The summed E-state index contributed by atoms with van der Waals surface area (Å²) in [5, 5.41) is 3.67. The maximum atomic E-state index is 15.2. The molecular formula is C25H33BrFN7O. The number of aromatic nitrogens is 3. The van der Waals surface area contributed by atoms with Gasteiger partial charge in [-0.05, 0) is 67.1 Å². The Morgan fingerprint density at radius 3 is 2.66 bits per heavy atom. The molecule has 0 atom stereocenters. The van der Waals surface area contributed by atoms with Gasteiger partial charge in [-0.3, -0.25) is 4.90 Å². The van der Waals surface area contributed by atoms with Crippen LogP contribution in [0.2, 0.25) is 0 Å². The van der Waals surface area contributed by atoms with Crippen molar-refractivity contribution in [2.45, 2.75) is 18.9 Å². The Balaban J connectivity index is 1.34. The van der Waals surface area contributed by atoms with E-state index in [0.29, 0.717) is 28.8 Å². The van der Waals surface area contributed by atoms with Crippen molar-refractivity contribution in [3.05, 3.63) is 34.7 Å². The minimum atomic E-state index is -0.230. The number of hydrogen-bond acceptors (Lipinski definition) is 7. The third-order valence-corrected chi connectivity index (χ3v) is 7.68. The number of ether oxygens (including phenoxy) is 1. The van der Waals surface area contributed by atoms with Crippen molar-refractivity contribution >= 4 is 38.5 Å². The summed E-state index contributed by atoms with van der Waals surface area (Å²) in [5.74, 6) is 0.388. The lowest BCUT2D eigenvalue weighted by Crippen LogP contribution is -2.47. The summed E-state index contributed by atoms with van der Waals surface area (Å²) in [6, 6.07) is 5.76. The van der Waals surface area contributed by atoms with Gasteiger partial charge in [0.15, 0.2) is 5.65 Å². The van der Waals surface area contributed by atoms with E-state index in [2.05, 4.69) is 53.0 Å². The van der Waals surface area contributed by atoms with E-state index < -0.39 is 0 Å². The highest BCUT2D eigenvalue weighted by atomic mass is 79.9. The number of halogens is 2. The highest BCUT2D eigenvalue weighted by molar-refractivity contribution is 9.10. The predicted molar refractivity (Wildman–Crippen MR) is 142 cm³/mol. The first-order chi connectivity index (χ1) is 17.0. The summed E-state index contributed by atoms with van der Waals surface area (Å²) in [6.45, 7) is 7.19. The molecule has 2 aliphatic heterocycles. The van der Waals surface area contributed by atoms with Gasteiger partial charge in [0.05, 0.1) is 22.5 Å². The van der Waals surface area contributed by atoms with Gasteiger partial charge in [0, 0.05) is 57.6 Å². The number of aromatic amines is 1. The third-order valence-electron chi connectivity index (χ3n) is 7.08. The predicted octanol–water partition coefficient (Wildman–Crippen LogP) is 3.80. The number of piperidine rings is 1. The molecule has 5 rings (SSSR count). The number of nitrogens with one attached hydrogen (secondary N) is 2. The Hall–Kier alpha value is -2.27. The van der Waals surface area contributed by atoms with E-state index in [1.807, 2.05) is 12.1 Å². The van der Waals surface area contributed by atoms with E-state index in [9.17, 15) is 0 Å². The number of fused-ring (bicyclic) bond motifs is 1. The lowest BCUT2D eigenvalue weighted by Gasteiger charge is -2.36. The molecule has 0 unspecified atom stereocenters. The Bertz CT molecular complexity index is 1160. The lowest BCUT2D eigenvalue weighted by atomic mass is 10.1. The van der Waals surface area contributed by atoms with Crippen LogP contribution in [-0.2, 0) is 4.74 Å². The van der Waals surface area contributed by atoms with Crippen LogP contribution in [0.25, 0.3) is 22.6 Å². The van der Waals surface area contributed by atoms with Gasteiger partial charge in [-0.2, -0.15) is 0 Å².